The zero-order chi connectivity index (χ0) is 10.4. The van der Waals surface area contributed by atoms with Gasteiger partial charge in [-0.05, 0) is 18.6 Å². The van der Waals surface area contributed by atoms with E-state index in [0.29, 0.717) is 0 Å². The van der Waals surface area contributed by atoms with Gasteiger partial charge in [-0.1, -0.05) is 19.8 Å². The standard InChI is InChI=1S/C10H16FN3/c1-2-3-4-10(14-12)9-6-5-8(11)7-13-9/h5-7,10,14H,2-4,12H2,1H3. The molecule has 0 saturated carbocycles. The SMILES string of the molecule is CCCCC(NN)c1ccc(F)cn1. The third-order valence-corrected chi connectivity index (χ3v) is 2.15. The van der Waals surface area contributed by atoms with Crippen LogP contribution in [0.2, 0.25) is 0 Å². The summed E-state index contributed by atoms with van der Waals surface area (Å²) in [5.74, 6) is 5.08. The second kappa shape index (κ2) is 5.67. The topological polar surface area (TPSA) is 50.9 Å². The van der Waals surface area contributed by atoms with Gasteiger partial charge in [-0.2, -0.15) is 0 Å². The fraction of sp³-hybridized carbons (Fsp3) is 0.500. The number of nitrogens with two attached hydrogens (primary N) is 1. The average Bonchev–Trinajstić information content (AvgIpc) is 2.21. The van der Waals surface area contributed by atoms with E-state index in [4.69, 9.17) is 5.84 Å². The lowest BCUT2D eigenvalue weighted by molar-refractivity contribution is 0.482. The quantitative estimate of drug-likeness (QED) is 0.560. The maximum atomic E-state index is 12.6. The minimum Gasteiger partial charge on any atom is -0.271 e. The van der Waals surface area contributed by atoms with E-state index in [-0.39, 0.29) is 11.9 Å². The van der Waals surface area contributed by atoms with Gasteiger partial charge < -0.3 is 0 Å². The Bertz CT molecular complexity index is 261. The predicted octanol–water partition coefficient (Wildman–Crippen LogP) is 1.92. The largest absolute Gasteiger partial charge is 0.271 e. The normalized spacial score (nSPS) is 12.8. The van der Waals surface area contributed by atoms with Crippen LogP contribution in [0.15, 0.2) is 18.3 Å². The number of nitrogens with zero attached hydrogens (tertiary/aromatic N) is 1. The van der Waals surface area contributed by atoms with Crippen LogP contribution in [0.3, 0.4) is 0 Å². The molecule has 0 amide bonds. The van der Waals surface area contributed by atoms with Crippen LogP contribution in [-0.4, -0.2) is 4.98 Å². The van der Waals surface area contributed by atoms with Gasteiger partial charge in [0, 0.05) is 0 Å². The molecule has 0 fully saturated rings. The summed E-state index contributed by atoms with van der Waals surface area (Å²) in [6, 6.07) is 3.09. The van der Waals surface area contributed by atoms with Crippen LogP contribution in [0.25, 0.3) is 0 Å². The van der Waals surface area contributed by atoms with Gasteiger partial charge in [0.05, 0.1) is 17.9 Å². The maximum Gasteiger partial charge on any atom is 0.141 e. The van der Waals surface area contributed by atoms with E-state index < -0.39 is 0 Å². The Balaban J connectivity index is 2.64. The summed E-state index contributed by atoms with van der Waals surface area (Å²) in [5.41, 5.74) is 3.48. The zero-order valence-corrected chi connectivity index (χ0v) is 8.33. The van der Waals surface area contributed by atoms with Crippen molar-refractivity contribution in [2.24, 2.45) is 5.84 Å². The summed E-state index contributed by atoms with van der Waals surface area (Å²) in [6.45, 7) is 2.12. The van der Waals surface area contributed by atoms with E-state index in [2.05, 4.69) is 17.3 Å². The highest BCUT2D eigenvalue weighted by atomic mass is 19.1. The van der Waals surface area contributed by atoms with E-state index in [1.54, 1.807) is 6.07 Å². The molecule has 0 saturated heterocycles. The summed E-state index contributed by atoms with van der Waals surface area (Å²) >= 11 is 0. The molecule has 0 aliphatic rings. The highest BCUT2D eigenvalue weighted by Gasteiger charge is 2.09. The molecule has 1 aromatic heterocycles. The van der Waals surface area contributed by atoms with Gasteiger partial charge in [-0.15, -0.1) is 0 Å². The first-order chi connectivity index (χ1) is 6.77. The lowest BCUT2D eigenvalue weighted by Gasteiger charge is -2.14. The van der Waals surface area contributed by atoms with Crippen molar-refractivity contribution in [1.29, 1.82) is 0 Å². The molecule has 3 N–H and O–H groups in total. The van der Waals surface area contributed by atoms with Crippen LogP contribution in [0, 0.1) is 5.82 Å². The van der Waals surface area contributed by atoms with Gasteiger partial charge in [0.1, 0.15) is 5.82 Å². The molecular formula is C10H16FN3. The molecule has 1 heterocycles. The molecule has 1 aromatic rings. The molecule has 0 spiro atoms. The number of hydrazine groups is 1. The summed E-state index contributed by atoms with van der Waals surface area (Å²) in [4.78, 5) is 3.98. The summed E-state index contributed by atoms with van der Waals surface area (Å²) in [5, 5.41) is 0. The molecule has 4 heteroatoms. The highest BCUT2D eigenvalue weighted by Crippen LogP contribution is 2.16. The van der Waals surface area contributed by atoms with E-state index in [0.717, 1.165) is 25.0 Å². The van der Waals surface area contributed by atoms with E-state index in [9.17, 15) is 4.39 Å². The number of aromatic nitrogens is 1. The lowest BCUT2D eigenvalue weighted by Crippen LogP contribution is -2.28. The molecule has 0 aromatic carbocycles. The summed E-state index contributed by atoms with van der Waals surface area (Å²) in [7, 11) is 0. The van der Waals surface area contributed by atoms with E-state index in [1.165, 1.54) is 12.3 Å². The van der Waals surface area contributed by atoms with Gasteiger partial charge in [-0.3, -0.25) is 16.3 Å². The van der Waals surface area contributed by atoms with Gasteiger partial charge in [0.2, 0.25) is 0 Å². The molecular weight excluding hydrogens is 181 g/mol. The van der Waals surface area contributed by atoms with Crippen molar-refractivity contribution in [1.82, 2.24) is 10.4 Å². The number of nitrogens with one attached hydrogen (secondary N) is 1. The Hall–Kier alpha value is -1.00. The number of rotatable bonds is 5. The minimum atomic E-state index is -0.319. The van der Waals surface area contributed by atoms with Crippen LogP contribution in [0.5, 0.6) is 0 Å². The van der Waals surface area contributed by atoms with Crippen molar-refractivity contribution in [3.63, 3.8) is 0 Å². The van der Waals surface area contributed by atoms with E-state index >= 15 is 0 Å². The van der Waals surface area contributed by atoms with Crippen molar-refractivity contribution in [2.45, 2.75) is 32.2 Å². The van der Waals surface area contributed by atoms with Crippen molar-refractivity contribution >= 4 is 0 Å². The monoisotopic (exact) mass is 197 g/mol. The first-order valence-electron chi connectivity index (χ1n) is 4.85. The Morgan fingerprint density at radius 2 is 2.36 bits per heavy atom. The second-order valence-electron chi connectivity index (χ2n) is 3.26. The van der Waals surface area contributed by atoms with Crippen molar-refractivity contribution in [2.75, 3.05) is 0 Å². The maximum absolute atomic E-state index is 12.6. The van der Waals surface area contributed by atoms with Gasteiger partial charge >= 0.3 is 0 Å². The number of hydrogen-bond donors (Lipinski definition) is 2. The third kappa shape index (κ3) is 3.05. The lowest BCUT2D eigenvalue weighted by atomic mass is 10.1. The molecule has 3 nitrogen and oxygen atoms in total. The third-order valence-electron chi connectivity index (χ3n) is 2.15. The molecule has 0 aliphatic heterocycles. The van der Waals surface area contributed by atoms with Gasteiger partial charge in [0.25, 0.3) is 0 Å². The number of hydrogen-bond acceptors (Lipinski definition) is 3. The van der Waals surface area contributed by atoms with Gasteiger partial charge in [0.15, 0.2) is 0 Å². The Morgan fingerprint density at radius 3 is 2.86 bits per heavy atom. The fourth-order valence-electron chi connectivity index (χ4n) is 1.32. The molecule has 0 aliphatic carbocycles. The molecule has 0 radical (unpaired) electrons. The highest BCUT2D eigenvalue weighted by molar-refractivity contribution is 5.09. The molecule has 1 atom stereocenters. The van der Waals surface area contributed by atoms with Gasteiger partial charge in [-0.25, -0.2) is 4.39 Å². The number of halogens is 1. The smallest absolute Gasteiger partial charge is 0.141 e. The van der Waals surface area contributed by atoms with Crippen LogP contribution in [0.4, 0.5) is 4.39 Å². The summed E-state index contributed by atoms with van der Waals surface area (Å²) in [6.07, 6.45) is 4.32. The van der Waals surface area contributed by atoms with E-state index in [1.807, 2.05) is 0 Å². The minimum absolute atomic E-state index is 0.0237. The summed E-state index contributed by atoms with van der Waals surface area (Å²) < 4.78 is 12.6. The molecule has 1 rings (SSSR count). The average molecular weight is 197 g/mol. The van der Waals surface area contributed by atoms with Crippen molar-refractivity contribution in [3.8, 4) is 0 Å². The Morgan fingerprint density at radius 1 is 1.57 bits per heavy atom. The van der Waals surface area contributed by atoms with Crippen LogP contribution in [-0.2, 0) is 0 Å². The first kappa shape index (κ1) is 11.1. The molecule has 78 valence electrons. The van der Waals surface area contributed by atoms with Crippen molar-refractivity contribution < 1.29 is 4.39 Å². The predicted molar refractivity (Wildman–Crippen MR) is 53.8 cm³/mol. The zero-order valence-electron chi connectivity index (χ0n) is 8.33. The Labute approximate surface area is 83.5 Å². The Kier molecular flexibility index (Phi) is 4.49. The van der Waals surface area contributed by atoms with Crippen LogP contribution >= 0.6 is 0 Å². The van der Waals surface area contributed by atoms with Crippen molar-refractivity contribution in [3.05, 3.63) is 29.8 Å². The second-order valence-corrected chi connectivity index (χ2v) is 3.26. The van der Waals surface area contributed by atoms with Crippen LogP contribution in [0.1, 0.15) is 37.9 Å². The number of pyridine rings is 1. The fourth-order valence-corrected chi connectivity index (χ4v) is 1.32. The number of unbranched alkanes of at least 4 members (excludes halogenated alkanes) is 1. The molecule has 14 heavy (non-hydrogen) atoms. The van der Waals surface area contributed by atoms with Crippen LogP contribution < -0.4 is 11.3 Å². The first-order valence-corrected chi connectivity index (χ1v) is 4.85. The molecule has 0 bridgehead atoms. The molecule has 1 unspecified atom stereocenters.